The van der Waals surface area contributed by atoms with Gasteiger partial charge < -0.3 is 14.4 Å². The zero-order valence-corrected chi connectivity index (χ0v) is 13.7. The molecule has 128 valence electrons. The van der Waals surface area contributed by atoms with Crippen LogP contribution >= 0.6 is 11.6 Å². The maximum Gasteiger partial charge on any atom is 0.255 e. The second-order valence-electron chi connectivity index (χ2n) is 5.75. The highest BCUT2D eigenvalue weighted by Crippen LogP contribution is 2.21. The molecule has 3 rings (SSSR count). The molecule has 1 aromatic carbocycles. The summed E-state index contributed by atoms with van der Waals surface area (Å²) < 4.78 is 18.3. The van der Waals surface area contributed by atoms with Crippen molar-refractivity contribution in [2.24, 2.45) is 0 Å². The highest BCUT2D eigenvalue weighted by molar-refractivity contribution is 6.33. The van der Waals surface area contributed by atoms with Crippen LogP contribution in [0.2, 0.25) is 5.02 Å². The van der Waals surface area contributed by atoms with Crippen LogP contribution in [-0.2, 0) is 0 Å². The normalized spacial score (nSPS) is 17.0. The van der Waals surface area contributed by atoms with E-state index in [9.17, 15) is 14.3 Å². The van der Waals surface area contributed by atoms with Gasteiger partial charge in [0.2, 0.25) is 0 Å². The first-order valence-corrected chi connectivity index (χ1v) is 8.10. The van der Waals surface area contributed by atoms with Gasteiger partial charge in [0, 0.05) is 32.7 Å². The minimum absolute atomic E-state index is 0.121. The maximum absolute atomic E-state index is 13.1. The molecule has 1 aromatic heterocycles. The van der Waals surface area contributed by atoms with Gasteiger partial charge in [-0.05, 0) is 30.3 Å². The molecular weight excluding hydrogens is 335 g/mol. The fourth-order valence-corrected chi connectivity index (χ4v) is 3.03. The average molecular weight is 353 g/mol. The van der Waals surface area contributed by atoms with Crippen molar-refractivity contribution < 1.29 is 18.7 Å². The van der Waals surface area contributed by atoms with E-state index >= 15 is 0 Å². The van der Waals surface area contributed by atoms with Crippen molar-refractivity contribution in [1.29, 1.82) is 0 Å². The summed E-state index contributed by atoms with van der Waals surface area (Å²) in [6.45, 7) is 2.78. The minimum atomic E-state index is -0.686. The quantitative estimate of drug-likeness (QED) is 0.918. The molecule has 7 heteroatoms. The number of aliphatic hydroxyl groups excluding tert-OH is 1. The summed E-state index contributed by atoms with van der Waals surface area (Å²) in [7, 11) is 0. The van der Waals surface area contributed by atoms with Crippen molar-refractivity contribution in [3.63, 3.8) is 0 Å². The number of carbonyl (C=O) groups excluding carboxylic acids is 1. The summed E-state index contributed by atoms with van der Waals surface area (Å²) in [4.78, 5) is 16.2. The molecule has 24 heavy (non-hydrogen) atoms. The molecule has 1 saturated heterocycles. The lowest BCUT2D eigenvalue weighted by molar-refractivity contribution is 0.0486. The number of carbonyl (C=O) groups is 1. The van der Waals surface area contributed by atoms with Crippen LogP contribution < -0.4 is 0 Å². The van der Waals surface area contributed by atoms with Crippen LogP contribution in [0.15, 0.2) is 41.0 Å². The fraction of sp³-hybridized carbons (Fsp3) is 0.353. The van der Waals surface area contributed by atoms with Gasteiger partial charge in [0.1, 0.15) is 17.7 Å². The third-order valence-electron chi connectivity index (χ3n) is 4.12. The topological polar surface area (TPSA) is 56.9 Å². The SMILES string of the molecule is O=C(c1ccc(F)cc1Cl)N1CCN(C[C@H](O)c2ccco2)CC1. The number of nitrogens with zero attached hydrogens (tertiary/aromatic N) is 2. The van der Waals surface area contributed by atoms with E-state index in [0.717, 1.165) is 6.07 Å². The van der Waals surface area contributed by atoms with E-state index in [1.54, 1.807) is 17.0 Å². The Morgan fingerprint density at radius 2 is 2.04 bits per heavy atom. The van der Waals surface area contributed by atoms with E-state index in [2.05, 4.69) is 4.90 Å². The standard InChI is InChI=1S/C17H18ClFN2O3/c18-14-10-12(19)3-4-13(14)17(23)21-7-5-20(6-8-21)11-15(22)16-2-1-9-24-16/h1-4,9-10,15,22H,5-8,11H2/t15-/m0/s1. The van der Waals surface area contributed by atoms with Crippen molar-refractivity contribution in [2.75, 3.05) is 32.7 Å². The largest absolute Gasteiger partial charge is 0.467 e. The molecule has 1 aliphatic heterocycles. The predicted octanol–water partition coefficient (Wildman–Crippen LogP) is 2.56. The Kier molecular flexibility index (Phi) is 5.18. The summed E-state index contributed by atoms with van der Waals surface area (Å²) in [5.74, 6) is -0.133. The third-order valence-corrected chi connectivity index (χ3v) is 4.44. The van der Waals surface area contributed by atoms with E-state index in [4.69, 9.17) is 16.0 Å². The van der Waals surface area contributed by atoms with E-state index in [-0.39, 0.29) is 10.9 Å². The Balaban J connectivity index is 1.55. The molecule has 5 nitrogen and oxygen atoms in total. The summed E-state index contributed by atoms with van der Waals surface area (Å²) in [6.07, 6.45) is 0.843. The van der Waals surface area contributed by atoms with E-state index in [1.165, 1.54) is 18.4 Å². The van der Waals surface area contributed by atoms with Gasteiger partial charge in [-0.2, -0.15) is 0 Å². The first kappa shape index (κ1) is 17.0. The summed E-state index contributed by atoms with van der Waals surface area (Å²) >= 11 is 5.96. The molecule has 1 aliphatic rings. The van der Waals surface area contributed by atoms with Crippen molar-refractivity contribution in [3.05, 3.63) is 58.8 Å². The number of rotatable bonds is 4. The van der Waals surface area contributed by atoms with Crippen molar-refractivity contribution >= 4 is 17.5 Å². The lowest BCUT2D eigenvalue weighted by Gasteiger charge is -2.35. The van der Waals surface area contributed by atoms with Crippen LogP contribution in [0.1, 0.15) is 22.2 Å². The molecule has 0 bridgehead atoms. The predicted molar refractivity (Wildman–Crippen MR) is 87.4 cm³/mol. The minimum Gasteiger partial charge on any atom is -0.467 e. The first-order chi connectivity index (χ1) is 11.5. The highest BCUT2D eigenvalue weighted by Gasteiger charge is 2.25. The van der Waals surface area contributed by atoms with E-state index < -0.39 is 11.9 Å². The van der Waals surface area contributed by atoms with Gasteiger partial charge >= 0.3 is 0 Å². The van der Waals surface area contributed by atoms with Crippen LogP contribution in [0.25, 0.3) is 0 Å². The van der Waals surface area contributed by atoms with Crippen molar-refractivity contribution in [2.45, 2.75) is 6.10 Å². The zero-order chi connectivity index (χ0) is 17.1. The monoisotopic (exact) mass is 352 g/mol. The Hall–Kier alpha value is -1.89. The molecule has 0 saturated carbocycles. The molecule has 0 unspecified atom stereocenters. The molecule has 1 N–H and O–H groups in total. The lowest BCUT2D eigenvalue weighted by Crippen LogP contribution is -2.49. The number of halogens is 2. The highest BCUT2D eigenvalue weighted by atomic mass is 35.5. The molecule has 0 radical (unpaired) electrons. The number of aliphatic hydroxyl groups is 1. The van der Waals surface area contributed by atoms with Gasteiger partial charge in [0.05, 0.1) is 16.8 Å². The molecule has 1 atom stereocenters. The van der Waals surface area contributed by atoms with Gasteiger partial charge in [-0.25, -0.2) is 4.39 Å². The number of hydrogen-bond acceptors (Lipinski definition) is 4. The molecule has 0 aliphatic carbocycles. The van der Waals surface area contributed by atoms with Gasteiger partial charge in [-0.1, -0.05) is 11.6 Å². The summed E-state index contributed by atoms with van der Waals surface area (Å²) in [5.41, 5.74) is 0.308. The first-order valence-electron chi connectivity index (χ1n) is 7.73. The molecule has 1 amide bonds. The molecular formula is C17H18ClFN2O3. The van der Waals surface area contributed by atoms with Crippen LogP contribution in [0.5, 0.6) is 0 Å². The number of furan rings is 1. The number of amides is 1. The summed E-state index contributed by atoms with van der Waals surface area (Å²) in [6, 6.07) is 7.26. The molecule has 1 fully saturated rings. The third kappa shape index (κ3) is 3.77. The number of piperazine rings is 1. The van der Waals surface area contributed by atoms with Crippen LogP contribution in [0.3, 0.4) is 0 Å². The maximum atomic E-state index is 13.1. The second kappa shape index (κ2) is 7.34. The van der Waals surface area contributed by atoms with E-state index in [1.807, 2.05) is 0 Å². The number of β-amino-alcohol motifs (C(OH)–C–C–N with tert-alkyl or cyclic N) is 1. The molecule has 0 spiro atoms. The van der Waals surface area contributed by atoms with Gasteiger partial charge in [-0.3, -0.25) is 9.69 Å². The van der Waals surface area contributed by atoms with Gasteiger partial charge in [-0.15, -0.1) is 0 Å². The van der Waals surface area contributed by atoms with E-state index in [0.29, 0.717) is 44.0 Å². The van der Waals surface area contributed by atoms with Crippen molar-refractivity contribution in [1.82, 2.24) is 9.80 Å². The zero-order valence-electron chi connectivity index (χ0n) is 13.0. The number of hydrogen-bond donors (Lipinski definition) is 1. The Morgan fingerprint density at radius 3 is 2.67 bits per heavy atom. The fourth-order valence-electron chi connectivity index (χ4n) is 2.78. The number of benzene rings is 1. The average Bonchev–Trinajstić information content (AvgIpc) is 3.09. The Labute approximate surface area is 144 Å². The second-order valence-corrected chi connectivity index (χ2v) is 6.16. The van der Waals surface area contributed by atoms with Crippen LogP contribution in [0, 0.1) is 5.82 Å². The van der Waals surface area contributed by atoms with Gasteiger partial charge in [0.25, 0.3) is 5.91 Å². The summed E-state index contributed by atoms with van der Waals surface area (Å²) in [5, 5.41) is 10.2. The smallest absolute Gasteiger partial charge is 0.255 e. The molecule has 2 aromatic rings. The van der Waals surface area contributed by atoms with Crippen LogP contribution in [-0.4, -0.2) is 53.5 Å². The van der Waals surface area contributed by atoms with Crippen LogP contribution in [0.4, 0.5) is 4.39 Å². The molecule has 2 heterocycles. The van der Waals surface area contributed by atoms with Gasteiger partial charge in [0.15, 0.2) is 0 Å². The Morgan fingerprint density at radius 1 is 1.29 bits per heavy atom. The van der Waals surface area contributed by atoms with Crippen molar-refractivity contribution in [3.8, 4) is 0 Å². The lowest BCUT2D eigenvalue weighted by atomic mass is 10.1. The Bertz CT molecular complexity index is 700.